The molecular weight excluding hydrogens is 210 g/mol. The van der Waals surface area contributed by atoms with Crippen LogP contribution in [0.3, 0.4) is 0 Å². The van der Waals surface area contributed by atoms with E-state index in [4.69, 9.17) is 4.52 Å². The third-order valence-electron chi connectivity index (χ3n) is 2.59. The molecule has 1 aromatic rings. The van der Waals surface area contributed by atoms with Crippen molar-refractivity contribution >= 4 is 11.8 Å². The molecule has 0 bridgehead atoms. The topological polar surface area (TPSA) is 51.0 Å². The Kier molecular flexibility index (Phi) is 4.02. The van der Waals surface area contributed by atoms with Crippen LogP contribution in [-0.2, 0) is 6.42 Å². The molecule has 84 valence electrons. The number of nitrogens with zero attached hydrogens (tertiary/aromatic N) is 2. The van der Waals surface area contributed by atoms with E-state index in [1.165, 1.54) is 12.2 Å². The zero-order chi connectivity index (χ0) is 10.5. The van der Waals surface area contributed by atoms with E-state index in [1.807, 2.05) is 18.8 Å². The van der Waals surface area contributed by atoms with Crippen LogP contribution in [0, 0.1) is 0 Å². The van der Waals surface area contributed by atoms with Crippen LogP contribution in [0.2, 0.25) is 0 Å². The van der Waals surface area contributed by atoms with Crippen LogP contribution in [0.5, 0.6) is 0 Å². The van der Waals surface area contributed by atoms with E-state index in [-0.39, 0.29) is 0 Å². The highest BCUT2D eigenvalue weighted by molar-refractivity contribution is 7.99. The van der Waals surface area contributed by atoms with Crippen molar-refractivity contribution < 1.29 is 4.52 Å². The van der Waals surface area contributed by atoms with Crippen LogP contribution in [0.25, 0.3) is 0 Å². The fourth-order valence-corrected chi connectivity index (χ4v) is 2.90. The first-order valence-corrected chi connectivity index (χ1v) is 6.60. The second-order valence-corrected chi connectivity index (χ2v) is 4.97. The van der Waals surface area contributed by atoms with Crippen LogP contribution >= 0.6 is 11.8 Å². The summed E-state index contributed by atoms with van der Waals surface area (Å²) in [6.07, 6.45) is 3.15. The second-order valence-electron chi connectivity index (χ2n) is 3.82. The summed E-state index contributed by atoms with van der Waals surface area (Å²) in [5, 5.41) is 7.12. The minimum absolute atomic E-state index is 0.501. The van der Waals surface area contributed by atoms with Gasteiger partial charge >= 0.3 is 0 Å². The summed E-state index contributed by atoms with van der Waals surface area (Å²) in [4.78, 5) is 4.45. The predicted molar refractivity (Wildman–Crippen MR) is 61.2 cm³/mol. The summed E-state index contributed by atoms with van der Waals surface area (Å²) in [5.74, 6) is 4.57. The van der Waals surface area contributed by atoms with Gasteiger partial charge in [-0.3, -0.25) is 0 Å². The van der Waals surface area contributed by atoms with Crippen LogP contribution in [0.15, 0.2) is 4.52 Å². The molecule has 4 nitrogen and oxygen atoms in total. The van der Waals surface area contributed by atoms with Gasteiger partial charge in [0, 0.05) is 18.1 Å². The molecule has 2 heterocycles. The quantitative estimate of drug-likeness (QED) is 0.771. The average Bonchev–Trinajstić information content (AvgIpc) is 2.87. The predicted octanol–water partition coefficient (Wildman–Crippen LogP) is 1.44. The lowest BCUT2D eigenvalue weighted by Gasteiger charge is -1.98. The van der Waals surface area contributed by atoms with E-state index >= 15 is 0 Å². The molecule has 1 aliphatic heterocycles. The molecule has 0 amide bonds. The van der Waals surface area contributed by atoms with Gasteiger partial charge in [0.2, 0.25) is 5.89 Å². The van der Waals surface area contributed by atoms with Crippen LogP contribution < -0.4 is 5.32 Å². The summed E-state index contributed by atoms with van der Waals surface area (Å²) in [6, 6.07) is 0. The standard InChI is InChI=1S/C10H17N3OS/c1-11-5-2-3-9-12-10(14-13-9)8-4-6-15-7-8/h8,11H,2-7H2,1H3. The molecule has 0 aliphatic carbocycles. The first-order chi connectivity index (χ1) is 7.40. The zero-order valence-electron chi connectivity index (χ0n) is 9.03. The molecule has 2 rings (SSSR count). The fourth-order valence-electron chi connectivity index (χ4n) is 1.69. The van der Waals surface area contributed by atoms with Gasteiger partial charge in [0.25, 0.3) is 0 Å². The number of hydrogen-bond donors (Lipinski definition) is 1. The van der Waals surface area contributed by atoms with Gasteiger partial charge in [-0.05, 0) is 32.2 Å². The molecular formula is C10H17N3OS. The SMILES string of the molecule is CNCCCc1noc(C2CCSC2)n1. The lowest BCUT2D eigenvalue weighted by Crippen LogP contribution is -2.08. The van der Waals surface area contributed by atoms with Gasteiger partial charge in [-0.25, -0.2) is 0 Å². The molecule has 0 spiro atoms. The summed E-state index contributed by atoms with van der Waals surface area (Å²) >= 11 is 1.97. The van der Waals surface area contributed by atoms with Crippen molar-refractivity contribution in [2.24, 2.45) is 0 Å². The van der Waals surface area contributed by atoms with E-state index in [0.29, 0.717) is 5.92 Å². The normalized spacial score (nSPS) is 21.0. The maximum atomic E-state index is 5.28. The van der Waals surface area contributed by atoms with Crippen molar-refractivity contribution in [2.75, 3.05) is 25.1 Å². The number of nitrogens with one attached hydrogen (secondary N) is 1. The van der Waals surface area contributed by atoms with Crippen molar-refractivity contribution in [2.45, 2.75) is 25.2 Å². The van der Waals surface area contributed by atoms with E-state index < -0.39 is 0 Å². The zero-order valence-corrected chi connectivity index (χ0v) is 9.85. The molecule has 1 saturated heterocycles. The molecule has 15 heavy (non-hydrogen) atoms. The molecule has 0 radical (unpaired) electrons. The Balaban J connectivity index is 1.86. The van der Waals surface area contributed by atoms with Gasteiger partial charge in [-0.2, -0.15) is 16.7 Å². The maximum absolute atomic E-state index is 5.28. The van der Waals surface area contributed by atoms with Crippen LogP contribution in [0.4, 0.5) is 0 Å². The average molecular weight is 227 g/mol. The lowest BCUT2D eigenvalue weighted by atomic mass is 10.1. The minimum atomic E-state index is 0.501. The highest BCUT2D eigenvalue weighted by Crippen LogP contribution is 2.31. The van der Waals surface area contributed by atoms with Gasteiger partial charge in [-0.15, -0.1) is 0 Å². The number of rotatable bonds is 5. The maximum Gasteiger partial charge on any atom is 0.230 e. The van der Waals surface area contributed by atoms with E-state index in [9.17, 15) is 0 Å². The monoisotopic (exact) mass is 227 g/mol. The Hall–Kier alpha value is -0.550. The molecule has 1 N–H and O–H groups in total. The Morgan fingerprint density at radius 2 is 2.53 bits per heavy atom. The van der Waals surface area contributed by atoms with Crippen molar-refractivity contribution in [3.8, 4) is 0 Å². The third kappa shape index (κ3) is 2.95. The van der Waals surface area contributed by atoms with Gasteiger partial charge in [0.1, 0.15) is 0 Å². The van der Waals surface area contributed by atoms with E-state index in [1.54, 1.807) is 0 Å². The van der Waals surface area contributed by atoms with Crippen LogP contribution in [0.1, 0.15) is 30.5 Å². The van der Waals surface area contributed by atoms with Gasteiger partial charge in [0.05, 0.1) is 0 Å². The van der Waals surface area contributed by atoms with Crippen molar-refractivity contribution in [1.82, 2.24) is 15.5 Å². The third-order valence-corrected chi connectivity index (χ3v) is 3.75. The number of aryl methyl sites for hydroxylation is 1. The van der Waals surface area contributed by atoms with Crippen molar-refractivity contribution in [3.05, 3.63) is 11.7 Å². The van der Waals surface area contributed by atoms with Crippen LogP contribution in [-0.4, -0.2) is 35.2 Å². The highest BCUT2D eigenvalue weighted by Gasteiger charge is 2.23. The van der Waals surface area contributed by atoms with Gasteiger partial charge in [-0.1, -0.05) is 5.16 Å². The molecule has 1 aliphatic rings. The van der Waals surface area contributed by atoms with E-state index in [0.717, 1.165) is 36.9 Å². The van der Waals surface area contributed by atoms with Gasteiger partial charge < -0.3 is 9.84 Å². The number of aromatic nitrogens is 2. The van der Waals surface area contributed by atoms with E-state index in [2.05, 4.69) is 15.5 Å². The smallest absolute Gasteiger partial charge is 0.230 e. The van der Waals surface area contributed by atoms with Crippen molar-refractivity contribution in [3.63, 3.8) is 0 Å². The minimum Gasteiger partial charge on any atom is -0.339 e. The summed E-state index contributed by atoms with van der Waals surface area (Å²) in [5.41, 5.74) is 0. The number of hydrogen-bond acceptors (Lipinski definition) is 5. The summed E-state index contributed by atoms with van der Waals surface area (Å²) < 4.78 is 5.28. The first-order valence-electron chi connectivity index (χ1n) is 5.45. The highest BCUT2D eigenvalue weighted by atomic mass is 32.2. The first kappa shape index (κ1) is 11.0. The molecule has 1 aromatic heterocycles. The molecule has 1 fully saturated rings. The summed E-state index contributed by atoms with van der Waals surface area (Å²) in [6.45, 7) is 1.00. The molecule has 1 unspecified atom stereocenters. The summed E-state index contributed by atoms with van der Waals surface area (Å²) in [7, 11) is 1.96. The Morgan fingerprint density at radius 1 is 1.60 bits per heavy atom. The Labute approximate surface area is 94.2 Å². The molecule has 0 saturated carbocycles. The van der Waals surface area contributed by atoms with Crippen molar-refractivity contribution in [1.29, 1.82) is 0 Å². The Bertz CT molecular complexity index is 297. The second kappa shape index (κ2) is 5.51. The Morgan fingerprint density at radius 3 is 3.27 bits per heavy atom. The number of thioether (sulfide) groups is 1. The lowest BCUT2D eigenvalue weighted by molar-refractivity contribution is 0.356. The van der Waals surface area contributed by atoms with Gasteiger partial charge in [0.15, 0.2) is 5.82 Å². The largest absolute Gasteiger partial charge is 0.339 e. The molecule has 5 heteroatoms. The molecule has 0 aromatic carbocycles. The molecule has 1 atom stereocenters. The fraction of sp³-hybridized carbons (Fsp3) is 0.800.